The third-order valence-electron chi connectivity index (χ3n) is 3.39. The van der Waals surface area contributed by atoms with E-state index in [0.717, 1.165) is 17.0 Å². The highest BCUT2D eigenvalue weighted by atomic mass is 16.5. The molecule has 0 saturated carbocycles. The number of nitriles is 1. The largest absolute Gasteiger partial charge is 0.475 e. The molecule has 1 amide bonds. The molecule has 0 aromatic heterocycles. The molecule has 1 heterocycles. The summed E-state index contributed by atoms with van der Waals surface area (Å²) < 4.78 is 5.74. The Morgan fingerprint density at radius 1 is 1.42 bits per heavy atom. The number of rotatable bonds is 4. The van der Waals surface area contributed by atoms with Crippen LogP contribution in [-0.4, -0.2) is 18.6 Å². The first kappa shape index (κ1) is 13.4. The van der Waals surface area contributed by atoms with Gasteiger partial charge >= 0.3 is 0 Å². The van der Waals surface area contributed by atoms with Crippen molar-refractivity contribution in [3.63, 3.8) is 0 Å². The lowest BCUT2D eigenvalue weighted by Gasteiger charge is -2.29. The van der Waals surface area contributed by atoms with Crippen molar-refractivity contribution >= 4 is 11.6 Å². The summed E-state index contributed by atoms with van der Waals surface area (Å²) in [6, 6.07) is 7.83. The number of hydrogen-bond donors (Lipinski definition) is 0. The van der Waals surface area contributed by atoms with Crippen molar-refractivity contribution in [1.29, 1.82) is 5.26 Å². The number of carbonyl (C=O) groups is 1. The molecule has 100 valence electrons. The van der Waals surface area contributed by atoms with E-state index in [1.807, 2.05) is 32.0 Å². The van der Waals surface area contributed by atoms with Crippen LogP contribution in [0.1, 0.15) is 32.3 Å². The summed E-state index contributed by atoms with van der Waals surface area (Å²) in [5.74, 6) is 0.885. The second-order valence-corrected chi connectivity index (χ2v) is 4.54. The van der Waals surface area contributed by atoms with Gasteiger partial charge in [-0.25, -0.2) is 0 Å². The van der Waals surface area contributed by atoms with Crippen molar-refractivity contribution in [3.05, 3.63) is 23.8 Å². The average molecular weight is 258 g/mol. The number of ether oxygens (including phenoxy) is 1. The molecule has 4 heteroatoms. The molecular weight excluding hydrogens is 240 g/mol. The zero-order chi connectivity index (χ0) is 13.8. The van der Waals surface area contributed by atoms with Crippen LogP contribution in [0, 0.1) is 11.3 Å². The quantitative estimate of drug-likeness (QED) is 0.834. The van der Waals surface area contributed by atoms with Gasteiger partial charge in [0.2, 0.25) is 5.91 Å². The van der Waals surface area contributed by atoms with Crippen LogP contribution in [0.25, 0.3) is 0 Å². The fraction of sp³-hybridized carbons (Fsp3) is 0.467. The van der Waals surface area contributed by atoms with Crippen LogP contribution in [0.5, 0.6) is 5.75 Å². The van der Waals surface area contributed by atoms with Gasteiger partial charge in [-0.2, -0.15) is 5.26 Å². The molecule has 1 aliphatic heterocycles. The van der Waals surface area contributed by atoms with E-state index in [2.05, 4.69) is 6.07 Å². The second-order valence-electron chi connectivity index (χ2n) is 4.54. The molecule has 1 atom stereocenters. The maximum atomic E-state index is 11.9. The Morgan fingerprint density at radius 3 is 2.84 bits per heavy atom. The minimum Gasteiger partial charge on any atom is -0.475 e. The molecule has 19 heavy (non-hydrogen) atoms. The summed E-state index contributed by atoms with van der Waals surface area (Å²) in [4.78, 5) is 13.6. The second kappa shape index (κ2) is 5.75. The van der Waals surface area contributed by atoms with Crippen molar-refractivity contribution in [2.24, 2.45) is 0 Å². The number of amides is 1. The number of benzene rings is 1. The van der Waals surface area contributed by atoms with Gasteiger partial charge in [0.1, 0.15) is 11.8 Å². The molecule has 0 radical (unpaired) electrons. The average Bonchev–Trinajstić information content (AvgIpc) is 2.44. The fourth-order valence-electron chi connectivity index (χ4n) is 2.37. The molecule has 0 N–H and O–H groups in total. The Hall–Kier alpha value is -2.02. The normalized spacial score (nSPS) is 15.6. The molecule has 2 rings (SSSR count). The van der Waals surface area contributed by atoms with E-state index >= 15 is 0 Å². The van der Waals surface area contributed by atoms with E-state index in [1.54, 1.807) is 4.90 Å². The first-order valence-electron chi connectivity index (χ1n) is 6.69. The first-order chi connectivity index (χ1) is 9.21. The molecule has 0 fully saturated rings. The van der Waals surface area contributed by atoms with Gasteiger partial charge in [0.25, 0.3) is 0 Å². The van der Waals surface area contributed by atoms with Gasteiger partial charge in [-0.3, -0.25) is 4.79 Å². The Labute approximate surface area is 113 Å². The van der Waals surface area contributed by atoms with Gasteiger partial charge in [0.05, 0.1) is 5.69 Å². The minimum absolute atomic E-state index is 0.152. The van der Waals surface area contributed by atoms with Crippen LogP contribution < -0.4 is 9.64 Å². The van der Waals surface area contributed by atoms with E-state index in [1.165, 1.54) is 0 Å². The summed E-state index contributed by atoms with van der Waals surface area (Å²) in [7, 11) is 0. The van der Waals surface area contributed by atoms with Crippen LogP contribution in [-0.2, 0) is 11.2 Å². The number of fused-ring (bicyclic) bond motifs is 1. The van der Waals surface area contributed by atoms with Gasteiger partial charge < -0.3 is 9.64 Å². The zero-order valence-electron chi connectivity index (χ0n) is 11.3. The maximum absolute atomic E-state index is 11.9. The van der Waals surface area contributed by atoms with E-state index < -0.39 is 6.10 Å². The SMILES string of the molecule is CCC(C#N)Oc1cccc2c1CCC(=O)N2CC. The van der Waals surface area contributed by atoms with Gasteiger partial charge in [0.15, 0.2) is 6.10 Å². The van der Waals surface area contributed by atoms with Crippen molar-refractivity contribution in [2.75, 3.05) is 11.4 Å². The zero-order valence-corrected chi connectivity index (χ0v) is 11.3. The summed E-state index contributed by atoms with van der Waals surface area (Å²) in [5.41, 5.74) is 1.96. The molecule has 4 nitrogen and oxygen atoms in total. The molecule has 1 unspecified atom stereocenters. The summed E-state index contributed by atoms with van der Waals surface area (Å²) in [6.07, 6.45) is 1.41. The van der Waals surface area contributed by atoms with Gasteiger partial charge in [-0.15, -0.1) is 0 Å². The smallest absolute Gasteiger partial charge is 0.227 e. The van der Waals surface area contributed by atoms with E-state index in [-0.39, 0.29) is 5.91 Å². The molecule has 1 aromatic carbocycles. The summed E-state index contributed by atoms with van der Waals surface area (Å²) >= 11 is 0. The van der Waals surface area contributed by atoms with Gasteiger partial charge in [-0.1, -0.05) is 13.0 Å². The predicted molar refractivity (Wildman–Crippen MR) is 73.1 cm³/mol. The Bertz CT molecular complexity index is 519. The van der Waals surface area contributed by atoms with Crippen molar-refractivity contribution in [1.82, 2.24) is 0 Å². The van der Waals surface area contributed by atoms with E-state index in [0.29, 0.717) is 25.8 Å². The molecule has 1 aromatic rings. The standard InChI is InChI=1S/C15H18N2O2/c1-3-11(10-16)19-14-7-5-6-13-12(14)8-9-15(18)17(13)4-2/h5-7,11H,3-4,8-9H2,1-2H3. The molecule has 0 saturated heterocycles. The predicted octanol–water partition coefficient (Wildman–Crippen LogP) is 2.67. The van der Waals surface area contributed by atoms with Crippen molar-refractivity contribution in [2.45, 2.75) is 39.2 Å². The molecule has 0 bridgehead atoms. The number of carbonyl (C=O) groups excluding carboxylic acids is 1. The van der Waals surface area contributed by atoms with Crippen LogP contribution in [0.3, 0.4) is 0 Å². The van der Waals surface area contributed by atoms with E-state index in [9.17, 15) is 4.79 Å². The lowest BCUT2D eigenvalue weighted by molar-refractivity contribution is -0.118. The maximum Gasteiger partial charge on any atom is 0.227 e. The monoisotopic (exact) mass is 258 g/mol. The van der Waals surface area contributed by atoms with Crippen molar-refractivity contribution in [3.8, 4) is 11.8 Å². The number of nitrogens with zero attached hydrogens (tertiary/aromatic N) is 2. The van der Waals surface area contributed by atoms with Crippen LogP contribution in [0.2, 0.25) is 0 Å². The number of hydrogen-bond acceptors (Lipinski definition) is 3. The molecule has 1 aliphatic rings. The molecular formula is C15H18N2O2. The highest BCUT2D eigenvalue weighted by Crippen LogP contribution is 2.35. The Balaban J connectivity index is 2.36. The topological polar surface area (TPSA) is 53.3 Å². The lowest BCUT2D eigenvalue weighted by Crippen LogP contribution is -2.35. The van der Waals surface area contributed by atoms with Crippen LogP contribution in [0.4, 0.5) is 5.69 Å². The van der Waals surface area contributed by atoms with Gasteiger partial charge in [0, 0.05) is 18.5 Å². The van der Waals surface area contributed by atoms with Crippen molar-refractivity contribution < 1.29 is 9.53 Å². The third-order valence-corrected chi connectivity index (χ3v) is 3.39. The molecule has 0 aliphatic carbocycles. The highest BCUT2D eigenvalue weighted by Gasteiger charge is 2.25. The summed E-state index contributed by atoms with van der Waals surface area (Å²) in [5, 5.41) is 8.99. The number of anilines is 1. The van der Waals surface area contributed by atoms with Gasteiger partial charge in [-0.05, 0) is 31.9 Å². The third kappa shape index (κ3) is 2.55. The minimum atomic E-state index is -0.431. The first-order valence-corrected chi connectivity index (χ1v) is 6.69. The molecule has 0 spiro atoms. The van der Waals surface area contributed by atoms with Crippen LogP contribution >= 0.6 is 0 Å². The van der Waals surface area contributed by atoms with E-state index in [4.69, 9.17) is 10.00 Å². The Morgan fingerprint density at radius 2 is 2.21 bits per heavy atom. The van der Waals surface area contributed by atoms with Crippen LogP contribution in [0.15, 0.2) is 18.2 Å². The Kier molecular flexibility index (Phi) is 4.06. The lowest BCUT2D eigenvalue weighted by atomic mass is 10.00. The fourth-order valence-corrected chi connectivity index (χ4v) is 2.37. The highest BCUT2D eigenvalue weighted by molar-refractivity contribution is 5.96. The summed E-state index contributed by atoms with van der Waals surface area (Å²) in [6.45, 7) is 4.54.